The molecule has 1 heterocycles. The monoisotopic (exact) mass is 694 g/mol. The number of nitrogens with two attached hydrogens (primary N) is 1. The van der Waals surface area contributed by atoms with Crippen LogP contribution in [0.5, 0.6) is 5.75 Å². The Morgan fingerprint density at radius 3 is 2.22 bits per heavy atom. The van der Waals surface area contributed by atoms with E-state index in [4.69, 9.17) is 5.73 Å². The summed E-state index contributed by atoms with van der Waals surface area (Å²) in [5.74, 6) is -13.9. The van der Waals surface area contributed by atoms with E-state index in [1.807, 2.05) is 0 Å². The number of nitro benzene ring substituents is 1. The molecule has 3 aromatic rings. The third kappa shape index (κ3) is 4.68. The lowest BCUT2D eigenvalue weighted by Gasteiger charge is -2.52. The number of Topliss-reactive ketones (excluding diaryl/α,β-unsaturated/α-hetero) is 4. The number of benzene rings is 3. The van der Waals surface area contributed by atoms with Crippen LogP contribution in [0, 0.1) is 33.8 Å². The van der Waals surface area contributed by atoms with E-state index in [0.717, 1.165) is 4.90 Å². The number of rotatable bonds is 6. The molecule has 0 aromatic heterocycles. The van der Waals surface area contributed by atoms with Gasteiger partial charge in [0.05, 0.1) is 40.1 Å². The summed E-state index contributed by atoms with van der Waals surface area (Å²) in [6, 6.07) is 11.7. The number of non-ortho nitro benzene ring substituents is 1. The van der Waals surface area contributed by atoms with Crippen molar-refractivity contribution < 1.29 is 48.7 Å². The summed E-state index contributed by atoms with van der Waals surface area (Å²) in [7, 11) is 2.95. The first-order chi connectivity index (χ1) is 24.1. The molecular formula is C36H30N4O11. The number of nitro groups is 1. The Morgan fingerprint density at radius 2 is 1.63 bits per heavy atom. The molecule has 1 aliphatic heterocycles. The van der Waals surface area contributed by atoms with E-state index in [0.29, 0.717) is 0 Å². The standard InChI is InChI=1S/C36H30N4O11/c1-38(2)27-23-13-16-11-22-21(15-6-5-7-18(10-15)40(50)51)12-17(14-39-34(47)19-8-3-4-9-20(19)35(39)48)28(41)25(22)29(42)24(16)31(44)36(23,49)32(45)26(30(27)43)33(37)46/h3-10,12,16,23-24,26-27,41,49H,11,13-14H2,1-2H3,(H2,37,46). The van der Waals surface area contributed by atoms with Gasteiger partial charge in [-0.25, -0.2) is 0 Å². The second kappa shape index (κ2) is 11.6. The smallest absolute Gasteiger partial charge is 0.270 e. The van der Waals surface area contributed by atoms with E-state index < -0.39 is 93.4 Å². The zero-order chi connectivity index (χ0) is 36.8. The Morgan fingerprint density at radius 1 is 0.980 bits per heavy atom. The van der Waals surface area contributed by atoms with Crippen LogP contribution in [0.2, 0.25) is 0 Å². The van der Waals surface area contributed by atoms with Gasteiger partial charge in [0.1, 0.15) is 5.75 Å². The molecule has 2 saturated carbocycles. The van der Waals surface area contributed by atoms with Crippen molar-refractivity contribution >= 4 is 46.5 Å². The third-order valence-electron chi connectivity index (χ3n) is 10.7. The number of carbonyl (C=O) groups is 7. The molecule has 4 N–H and O–H groups in total. The number of phenols is 1. The van der Waals surface area contributed by atoms with Gasteiger partial charge in [-0.1, -0.05) is 24.3 Å². The Kier molecular flexibility index (Phi) is 7.61. The topological polar surface area (TPSA) is 236 Å². The first-order valence-electron chi connectivity index (χ1n) is 16.0. The summed E-state index contributed by atoms with van der Waals surface area (Å²) < 4.78 is 0. The minimum atomic E-state index is -2.94. The van der Waals surface area contributed by atoms with E-state index >= 15 is 0 Å². The molecule has 3 aromatic carbocycles. The molecule has 51 heavy (non-hydrogen) atoms. The lowest BCUT2D eigenvalue weighted by molar-refractivity contribution is -0.384. The highest BCUT2D eigenvalue weighted by Crippen LogP contribution is 2.52. The van der Waals surface area contributed by atoms with Crippen LogP contribution in [0.4, 0.5) is 5.69 Å². The molecule has 15 nitrogen and oxygen atoms in total. The van der Waals surface area contributed by atoms with Gasteiger partial charge in [0.2, 0.25) is 5.91 Å². The number of aliphatic hydroxyl groups is 1. The number of fused-ring (bicyclic) bond motifs is 4. The third-order valence-corrected chi connectivity index (χ3v) is 10.7. The van der Waals surface area contributed by atoms with Crippen molar-refractivity contribution in [2.24, 2.45) is 29.4 Å². The van der Waals surface area contributed by atoms with Gasteiger partial charge in [-0.3, -0.25) is 53.5 Å². The Labute approximate surface area is 288 Å². The predicted octanol–water partition coefficient (Wildman–Crippen LogP) is 1.24. The van der Waals surface area contributed by atoms with Crippen LogP contribution in [-0.4, -0.2) is 91.5 Å². The number of hydrogen-bond donors (Lipinski definition) is 3. The van der Waals surface area contributed by atoms with Crippen LogP contribution in [0.3, 0.4) is 0 Å². The van der Waals surface area contributed by atoms with Crippen LogP contribution in [0.25, 0.3) is 11.1 Å². The van der Waals surface area contributed by atoms with Gasteiger partial charge < -0.3 is 15.9 Å². The van der Waals surface area contributed by atoms with Crippen LogP contribution in [0.15, 0.2) is 54.6 Å². The fourth-order valence-corrected chi connectivity index (χ4v) is 8.45. The number of likely N-dealkylation sites (N-methyl/N-ethyl adjacent to an activating group) is 1. The van der Waals surface area contributed by atoms with Gasteiger partial charge in [0.25, 0.3) is 17.5 Å². The Balaban J connectivity index is 1.39. The predicted molar refractivity (Wildman–Crippen MR) is 174 cm³/mol. The van der Waals surface area contributed by atoms with Gasteiger partial charge >= 0.3 is 0 Å². The largest absolute Gasteiger partial charge is 0.507 e. The highest BCUT2D eigenvalue weighted by atomic mass is 16.6. The number of nitrogens with zero attached hydrogens (tertiary/aromatic N) is 3. The molecule has 6 atom stereocenters. The van der Waals surface area contributed by atoms with Gasteiger partial charge in [-0.2, -0.15) is 0 Å². The van der Waals surface area contributed by atoms with Crippen molar-refractivity contribution in [2.75, 3.05) is 14.1 Å². The molecule has 15 heteroatoms. The fourth-order valence-electron chi connectivity index (χ4n) is 8.45. The van der Waals surface area contributed by atoms with Gasteiger partial charge in [-0.05, 0) is 67.7 Å². The molecule has 4 aliphatic rings. The van der Waals surface area contributed by atoms with E-state index in [1.165, 1.54) is 61.5 Å². The minimum absolute atomic E-state index is 0.0859. The van der Waals surface area contributed by atoms with Crippen molar-refractivity contribution in [3.05, 3.63) is 92.5 Å². The summed E-state index contributed by atoms with van der Waals surface area (Å²) in [6.07, 6.45) is -0.305. The molecule has 0 saturated heterocycles. The van der Waals surface area contributed by atoms with Gasteiger partial charge in [-0.15, -0.1) is 0 Å². The molecule has 6 unspecified atom stereocenters. The quantitative estimate of drug-likeness (QED) is 0.143. The summed E-state index contributed by atoms with van der Waals surface area (Å²) in [4.78, 5) is 108. The number of amides is 3. The lowest BCUT2D eigenvalue weighted by atomic mass is 9.52. The first-order valence-corrected chi connectivity index (χ1v) is 16.0. The SMILES string of the molecule is CN(C)C1C(=O)C(C(N)=O)C(=O)C2(O)C(=O)C3C(=O)c4c(O)c(CN5C(=O)c6ccccc6C5=O)cc(-c5cccc([N+](=O)[O-])c5)c4CC3CC12. The molecule has 260 valence electrons. The van der Waals surface area contributed by atoms with E-state index in [9.17, 15) is 53.9 Å². The number of carbonyl (C=O) groups excluding carboxylic acids is 7. The first kappa shape index (κ1) is 33.6. The van der Waals surface area contributed by atoms with Crippen molar-refractivity contribution in [3.8, 4) is 16.9 Å². The molecule has 0 spiro atoms. The summed E-state index contributed by atoms with van der Waals surface area (Å²) in [6.45, 7) is -0.514. The van der Waals surface area contributed by atoms with Crippen LogP contribution in [0.1, 0.15) is 48.6 Å². The average molecular weight is 695 g/mol. The molecule has 0 bridgehead atoms. The highest BCUT2D eigenvalue weighted by Gasteiger charge is 2.69. The van der Waals surface area contributed by atoms with Gasteiger partial charge in [0.15, 0.2) is 34.7 Å². The minimum Gasteiger partial charge on any atom is -0.507 e. The zero-order valence-corrected chi connectivity index (χ0v) is 27.2. The number of aromatic hydroxyl groups is 1. The Hall–Kier alpha value is -5.93. The van der Waals surface area contributed by atoms with Gasteiger partial charge in [0, 0.05) is 23.6 Å². The van der Waals surface area contributed by atoms with Crippen molar-refractivity contribution in [1.29, 1.82) is 0 Å². The molecular weight excluding hydrogens is 664 g/mol. The number of hydrogen-bond acceptors (Lipinski definition) is 12. The summed E-state index contributed by atoms with van der Waals surface area (Å²) in [5, 5.41) is 35.4. The van der Waals surface area contributed by atoms with Crippen LogP contribution in [-0.2, 0) is 32.1 Å². The lowest BCUT2D eigenvalue weighted by Crippen LogP contribution is -2.74. The Bertz CT molecular complexity index is 2140. The second-order valence-electron chi connectivity index (χ2n) is 13.6. The molecule has 2 fully saturated rings. The maximum atomic E-state index is 14.5. The molecule has 3 amide bonds. The fraction of sp³-hybridized carbons (Fsp3) is 0.306. The van der Waals surface area contributed by atoms with Crippen molar-refractivity contribution in [1.82, 2.24) is 9.80 Å². The summed E-state index contributed by atoms with van der Waals surface area (Å²) >= 11 is 0. The van der Waals surface area contributed by atoms with E-state index in [1.54, 1.807) is 12.1 Å². The zero-order valence-electron chi connectivity index (χ0n) is 27.2. The maximum absolute atomic E-state index is 14.5. The van der Waals surface area contributed by atoms with Crippen LogP contribution >= 0.6 is 0 Å². The van der Waals surface area contributed by atoms with E-state index in [-0.39, 0.29) is 57.5 Å². The number of phenolic OH excluding ortho intramolecular Hbond substituents is 1. The number of imide groups is 1. The number of ketones is 4. The van der Waals surface area contributed by atoms with Crippen molar-refractivity contribution in [3.63, 3.8) is 0 Å². The normalized spacial score (nSPS) is 26.9. The van der Waals surface area contributed by atoms with Crippen molar-refractivity contribution in [2.45, 2.75) is 31.0 Å². The number of primary amides is 1. The molecule has 7 rings (SSSR count). The summed E-state index contributed by atoms with van der Waals surface area (Å²) in [5.41, 5.74) is 2.68. The second-order valence-corrected chi connectivity index (χ2v) is 13.6. The maximum Gasteiger partial charge on any atom is 0.270 e. The molecule has 0 radical (unpaired) electrons. The average Bonchev–Trinajstić information content (AvgIpc) is 3.32. The van der Waals surface area contributed by atoms with Crippen LogP contribution < -0.4 is 5.73 Å². The van der Waals surface area contributed by atoms with E-state index in [2.05, 4.69) is 0 Å². The highest BCUT2D eigenvalue weighted by molar-refractivity contribution is 6.32. The molecule has 3 aliphatic carbocycles.